The van der Waals surface area contributed by atoms with E-state index in [4.69, 9.17) is 11.6 Å². The fourth-order valence-corrected chi connectivity index (χ4v) is 2.25. The summed E-state index contributed by atoms with van der Waals surface area (Å²) < 4.78 is 0. The Bertz CT molecular complexity index is 641. The fourth-order valence-electron chi connectivity index (χ4n) is 2.13. The number of hydrogen-bond donors (Lipinski definition) is 2. The summed E-state index contributed by atoms with van der Waals surface area (Å²) >= 11 is 5.86. The molecule has 2 rings (SSSR count). The van der Waals surface area contributed by atoms with E-state index in [-0.39, 0.29) is 5.91 Å². The molecule has 0 aliphatic carbocycles. The lowest BCUT2D eigenvalue weighted by atomic mass is 10.2. The fraction of sp³-hybridized carbons (Fsp3) is 0.333. The van der Waals surface area contributed by atoms with Gasteiger partial charge in [0.25, 0.3) is 5.91 Å². The number of carbonyl (C=O) groups is 1. The van der Waals surface area contributed by atoms with E-state index in [0.717, 1.165) is 29.4 Å². The standard InChI is InChI=1S/C18H23ClN4O/c1-23(2)11-3-10-20-18(24)15-6-9-17(22-13-15)21-12-14-4-7-16(19)8-5-14/h4-9,13H,3,10-12H2,1-2H3,(H,20,24)(H,21,22). The number of halogens is 1. The van der Waals surface area contributed by atoms with Crippen molar-refractivity contribution in [3.8, 4) is 0 Å². The Hall–Kier alpha value is -2.11. The Kier molecular flexibility index (Phi) is 7.03. The maximum atomic E-state index is 12.0. The van der Waals surface area contributed by atoms with Gasteiger partial charge in [0.15, 0.2) is 0 Å². The van der Waals surface area contributed by atoms with Gasteiger partial charge >= 0.3 is 0 Å². The van der Waals surface area contributed by atoms with Crippen LogP contribution in [0.5, 0.6) is 0 Å². The zero-order chi connectivity index (χ0) is 17.4. The van der Waals surface area contributed by atoms with Gasteiger partial charge in [-0.3, -0.25) is 4.79 Å². The molecule has 0 saturated heterocycles. The Morgan fingerprint density at radius 2 is 1.92 bits per heavy atom. The third-order valence-electron chi connectivity index (χ3n) is 3.48. The van der Waals surface area contributed by atoms with Gasteiger partial charge in [0, 0.05) is 24.3 Å². The van der Waals surface area contributed by atoms with Crippen molar-refractivity contribution in [1.29, 1.82) is 0 Å². The number of amides is 1. The number of rotatable bonds is 8. The third-order valence-corrected chi connectivity index (χ3v) is 3.73. The highest BCUT2D eigenvalue weighted by Gasteiger charge is 2.05. The summed E-state index contributed by atoms with van der Waals surface area (Å²) in [6.07, 6.45) is 2.51. The molecule has 0 fully saturated rings. The van der Waals surface area contributed by atoms with Gasteiger partial charge in [0.05, 0.1) is 5.56 Å². The van der Waals surface area contributed by atoms with Crippen LogP contribution in [0.2, 0.25) is 5.02 Å². The second kappa shape index (κ2) is 9.25. The number of nitrogens with zero attached hydrogens (tertiary/aromatic N) is 2. The molecule has 0 aliphatic rings. The largest absolute Gasteiger partial charge is 0.366 e. The van der Waals surface area contributed by atoms with Crippen LogP contribution in [0, 0.1) is 0 Å². The number of aromatic nitrogens is 1. The molecule has 0 bridgehead atoms. The summed E-state index contributed by atoms with van der Waals surface area (Å²) in [5.74, 6) is 0.639. The summed E-state index contributed by atoms with van der Waals surface area (Å²) in [5, 5.41) is 6.84. The number of benzene rings is 1. The molecular formula is C18H23ClN4O. The van der Waals surface area contributed by atoms with Crippen molar-refractivity contribution < 1.29 is 4.79 Å². The Balaban J connectivity index is 1.79. The molecule has 0 saturated carbocycles. The van der Waals surface area contributed by atoms with Gasteiger partial charge in [-0.25, -0.2) is 4.98 Å². The predicted molar refractivity (Wildman–Crippen MR) is 98.5 cm³/mol. The molecule has 5 nitrogen and oxygen atoms in total. The van der Waals surface area contributed by atoms with Crippen molar-refractivity contribution in [3.05, 3.63) is 58.7 Å². The van der Waals surface area contributed by atoms with E-state index in [0.29, 0.717) is 18.7 Å². The zero-order valence-electron chi connectivity index (χ0n) is 14.1. The summed E-state index contributed by atoms with van der Waals surface area (Å²) in [7, 11) is 4.03. The van der Waals surface area contributed by atoms with Crippen LogP contribution in [0.25, 0.3) is 0 Å². The molecule has 24 heavy (non-hydrogen) atoms. The minimum atomic E-state index is -0.0921. The third kappa shape index (κ3) is 6.18. The summed E-state index contributed by atoms with van der Waals surface area (Å²) in [6, 6.07) is 11.2. The normalized spacial score (nSPS) is 10.7. The van der Waals surface area contributed by atoms with E-state index in [2.05, 4.69) is 20.5 Å². The second-order valence-corrected chi connectivity index (χ2v) is 6.26. The molecule has 0 radical (unpaired) electrons. The molecule has 6 heteroatoms. The van der Waals surface area contributed by atoms with Crippen LogP contribution in [0.3, 0.4) is 0 Å². The van der Waals surface area contributed by atoms with Crippen molar-refractivity contribution in [2.45, 2.75) is 13.0 Å². The van der Waals surface area contributed by atoms with E-state index in [1.807, 2.05) is 44.4 Å². The molecule has 128 valence electrons. The topological polar surface area (TPSA) is 57.3 Å². The number of anilines is 1. The van der Waals surface area contributed by atoms with Crippen LogP contribution in [0.4, 0.5) is 5.82 Å². The quantitative estimate of drug-likeness (QED) is 0.721. The molecule has 1 amide bonds. The summed E-state index contributed by atoms with van der Waals surface area (Å²) in [6.45, 7) is 2.26. The Morgan fingerprint density at radius 3 is 2.54 bits per heavy atom. The smallest absolute Gasteiger partial charge is 0.252 e. The van der Waals surface area contributed by atoms with E-state index in [1.165, 1.54) is 0 Å². The highest BCUT2D eigenvalue weighted by molar-refractivity contribution is 6.30. The molecule has 1 heterocycles. The second-order valence-electron chi connectivity index (χ2n) is 5.82. The first-order chi connectivity index (χ1) is 11.5. The highest BCUT2D eigenvalue weighted by Crippen LogP contribution is 2.11. The monoisotopic (exact) mass is 346 g/mol. The van der Waals surface area contributed by atoms with Crippen LogP contribution < -0.4 is 10.6 Å². The van der Waals surface area contributed by atoms with E-state index < -0.39 is 0 Å². The molecular weight excluding hydrogens is 324 g/mol. The first-order valence-electron chi connectivity index (χ1n) is 7.92. The Morgan fingerprint density at radius 1 is 1.17 bits per heavy atom. The summed E-state index contributed by atoms with van der Waals surface area (Å²) in [4.78, 5) is 18.4. The van der Waals surface area contributed by atoms with Gasteiger partial charge in [-0.2, -0.15) is 0 Å². The molecule has 0 spiro atoms. The SMILES string of the molecule is CN(C)CCCNC(=O)c1ccc(NCc2ccc(Cl)cc2)nc1. The molecule has 2 aromatic rings. The van der Waals surface area contributed by atoms with Gasteiger partial charge in [0.1, 0.15) is 5.82 Å². The molecule has 1 aromatic heterocycles. The van der Waals surface area contributed by atoms with Crippen molar-refractivity contribution in [1.82, 2.24) is 15.2 Å². The van der Waals surface area contributed by atoms with Gasteiger partial charge in [0.2, 0.25) is 0 Å². The number of pyridine rings is 1. The van der Waals surface area contributed by atoms with Crippen molar-refractivity contribution in [2.75, 3.05) is 32.5 Å². The first-order valence-corrected chi connectivity index (χ1v) is 8.29. The number of nitrogens with one attached hydrogen (secondary N) is 2. The van der Waals surface area contributed by atoms with Crippen LogP contribution in [0.1, 0.15) is 22.3 Å². The minimum absolute atomic E-state index is 0.0921. The average molecular weight is 347 g/mol. The van der Waals surface area contributed by atoms with Crippen LogP contribution in [0.15, 0.2) is 42.6 Å². The van der Waals surface area contributed by atoms with Crippen molar-refractivity contribution in [2.24, 2.45) is 0 Å². The van der Waals surface area contributed by atoms with Crippen LogP contribution >= 0.6 is 11.6 Å². The molecule has 0 unspecified atom stereocenters. The minimum Gasteiger partial charge on any atom is -0.366 e. The molecule has 0 aliphatic heterocycles. The maximum absolute atomic E-state index is 12.0. The van der Waals surface area contributed by atoms with Gasteiger partial charge in [-0.05, 0) is 56.9 Å². The van der Waals surface area contributed by atoms with Crippen LogP contribution in [-0.2, 0) is 6.54 Å². The lowest BCUT2D eigenvalue weighted by molar-refractivity contribution is 0.0952. The first kappa shape index (κ1) is 18.2. The van der Waals surface area contributed by atoms with Crippen molar-refractivity contribution in [3.63, 3.8) is 0 Å². The van der Waals surface area contributed by atoms with Gasteiger partial charge in [-0.15, -0.1) is 0 Å². The average Bonchev–Trinajstić information content (AvgIpc) is 2.58. The van der Waals surface area contributed by atoms with E-state index >= 15 is 0 Å². The number of carbonyl (C=O) groups excluding carboxylic acids is 1. The zero-order valence-corrected chi connectivity index (χ0v) is 14.8. The molecule has 1 aromatic carbocycles. The maximum Gasteiger partial charge on any atom is 0.252 e. The number of hydrogen-bond acceptors (Lipinski definition) is 4. The lowest BCUT2D eigenvalue weighted by Crippen LogP contribution is -2.27. The highest BCUT2D eigenvalue weighted by atomic mass is 35.5. The van der Waals surface area contributed by atoms with E-state index in [1.54, 1.807) is 12.3 Å². The van der Waals surface area contributed by atoms with Crippen molar-refractivity contribution >= 4 is 23.3 Å². The Labute approximate surface area is 148 Å². The van der Waals surface area contributed by atoms with E-state index in [9.17, 15) is 4.79 Å². The molecule has 0 atom stereocenters. The van der Waals surface area contributed by atoms with Gasteiger partial charge < -0.3 is 15.5 Å². The van der Waals surface area contributed by atoms with Gasteiger partial charge in [-0.1, -0.05) is 23.7 Å². The summed E-state index contributed by atoms with van der Waals surface area (Å²) in [5.41, 5.74) is 1.68. The molecule has 2 N–H and O–H groups in total. The predicted octanol–water partition coefficient (Wildman–Crippen LogP) is 3.03. The lowest BCUT2D eigenvalue weighted by Gasteiger charge is -2.10. The van der Waals surface area contributed by atoms with Crippen LogP contribution in [-0.4, -0.2) is 43.0 Å².